The molecular formula is C54H90O24. The molecule has 0 aromatic carbocycles. The lowest BCUT2D eigenvalue weighted by atomic mass is 9.47. The minimum absolute atomic E-state index is 0.0668. The van der Waals surface area contributed by atoms with E-state index in [1.165, 1.54) is 19.8 Å². The molecule has 24 nitrogen and oxygen atoms in total. The third-order valence-electron chi connectivity index (χ3n) is 19.9. The zero-order valence-electron chi connectivity index (χ0n) is 46.3. The normalized spacial score (nSPS) is 54.1. The summed E-state index contributed by atoms with van der Waals surface area (Å²) in [6.07, 6.45) is -21.9. The zero-order chi connectivity index (χ0) is 56.4. The summed E-state index contributed by atoms with van der Waals surface area (Å²) in [6, 6.07) is 0. The number of methoxy groups -OCH3 is 3. The van der Waals surface area contributed by atoms with Gasteiger partial charge in [0.15, 0.2) is 31.5 Å². The predicted molar refractivity (Wildman–Crippen MR) is 266 cm³/mol. The van der Waals surface area contributed by atoms with Crippen LogP contribution in [0.4, 0.5) is 0 Å². The maximum atomic E-state index is 12.1. The van der Waals surface area contributed by atoms with Gasteiger partial charge in [0.25, 0.3) is 0 Å². The van der Waals surface area contributed by atoms with Gasteiger partial charge in [0, 0.05) is 33.7 Å². The van der Waals surface area contributed by atoms with Gasteiger partial charge >= 0.3 is 0 Å². The van der Waals surface area contributed by atoms with E-state index in [2.05, 4.69) is 19.9 Å². The van der Waals surface area contributed by atoms with Gasteiger partial charge in [-0.1, -0.05) is 25.5 Å². The number of hydrogen-bond acceptors (Lipinski definition) is 24. The molecule has 0 amide bonds. The highest BCUT2D eigenvalue weighted by Crippen LogP contribution is 2.67. The topological polar surface area (TPSA) is 343 Å². The highest BCUT2D eigenvalue weighted by atomic mass is 16.8. The van der Waals surface area contributed by atoms with E-state index in [0.29, 0.717) is 24.7 Å². The van der Waals surface area contributed by atoms with Crippen LogP contribution in [-0.2, 0) is 61.6 Å². The Morgan fingerprint density at radius 1 is 0.590 bits per heavy atom. The Balaban J connectivity index is 0.832. The molecule has 5 heterocycles. The molecule has 0 aromatic rings. The molecule has 9 aliphatic rings. The smallest absolute Gasteiger partial charge is 0.187 e. The van der Waals surface area contributed by atoms with Crippen LogP contribution in [0.15, 0.2) is 11.6 Å². The summed E-state index contributed by atoms with van der Waals surface area (Å²) in [5.41, 5.74) is 0.988. The highest BCUT2D eigenvalue weighted by Gasteiger charge is 2.63. The van der Waals surface area contributed by atoms with Gasteiger partial charge in [-0.25, -0.2) is 0 Å². The maximum absolute atomic E-state index is 12.1. The molecular weight excluding hydrogens is 1030 g/mol. The van der Waals surface area contributed by atoms with Crippen LogP contribution in [0.1, 0.15) is 92.9 Å². The summed E-state index contributed by atoms with van der Waals surface area (Å²) in [5, 5.41) is 119. The minimum atomic E-state index is -1.84. The Hall–Kier alpha value is -1.22. The first-order valence-electron chi connectivity index (χ1n) is 28.2. The average molecular weight is 1120 g/mol. The second-order valence-corrected chi connectivity index (χ2v) is 24.3. The molecule has 0 spiro atoms. The van der Waals surface area contributed by atoms with E-state index in [-0.39, 0.29) is 28.8 Å². The fourth-order valence-electron chi connectivity index (χ4n) is 15.4. The van der Waals surface area contributed by atoms with Crippen molar-refractivity contribution in [3.05, 3.63) is 11.6 Å². The quantitative estimate of drug-likeness (QED) is 0.0782. The van der Waals surface area contributed by atoms with Crippen molar-refractivity contribution in [3.63, 3.8) is 0 Å². The van der Waals surface area contributed by atoms with Crippen LogP contribution in [-0.4, -0.2) is 256 Å². The summed E-state index contributed by atoms with van der Waals surface area (Å²) >= 11 is 0. The molecule has 33 atom stereocenters. The second kappa shape index (κ2) is 24.8. The molecule has 5 aliphatic heterocycles. The van der Waals surface area contributed by atoms with E-state index >= 15 is 0 Å². The molecule has 3 saturated carbocycles. The molecule has 8 fully saturated rings. The largest absolute Gasteiger partial charge is 0.394 e. The monoisotopic (exact) mass is 1120 g/mol. The van der Waals surface area contributed by atoms with Crippen molar-refractivity contribution in [2.75, 3.05) is 34.5 Å². The summed E-state index contributed by atoms with van der Waals surface area (Å²) in [5.74, 6) is 0.519. The van der Waals surface area contributed by atoms with Gasteiger partial charge in [0.05, 0.1) is 55.9 Å². The number of aliphatic hydroxyl groups excluding tert-OH is 11. The summed E-state index contributed by atoms with van der Waals surface area (Å²) < 4.78 is 78.8. The van der Waals surface area contributed by atoms with Gasteiger partial charge < -0.3 is 118 Å². The average Bonchev–Trinajstić information content (AvgIpc) is 3.93. The van der Waals surface area contributed by atoms with Crippen molar-refractivity contribution in [3.8, 4) is 0 Å². The Morgan fingerprint density at radius 3 is 1.87 bits per heavy atom. The summed E-state index contributed by atoms with van der Waals surface area (Å²) in [4.78, 5) is 0. The third kappa shape index (κ3) is 11.4. The SMILES string of the molecule is CO[C@H]1[C@@H](O)[C@@H](C)O[C@@H](O[C@H]2[C@@H](OC)C[C@H](O[C@H]3CC[C@@]4(C)C(=CC[C@H]5[C@@H]6C[C@@H](O)[C@H]([C@H](C)O[C@@H]7O[C@H](C)[C@H](O)[C@H](OC)[C@H]7O[C@@H]7O[C@H](CO[C@@H]8O[C@H](CO)[C@@H](O)[C@H](O)[C@H]8O)[C@@H](O)[C@H](O)[C@H]7O)[C@@]6(C)CC[C@@H]54)C3)O[C@@H]2C)[C@@H]1O. The number of hydrogen-bond donors (Lipinski definition) is 11. The van der Waals surface area contributed by atoms with Crippen molar-refractivity contribution in [1.82, 2.24) is 0 Å². The Bertz CT molecular complexity index is 1990. The summed E-state index contributed by atoms with van der Waals surface area (Å²) in [6.45, 7) is 10.5. The Morgan fingerprint density at radius 2 is 1.21 bits per heavy atom. The molecule has 78 heavy (non-hydrogen) atoms. The number of allylic oxidation sites excluding steroid dienone is 1. The predicted octanol–water partition coefficient (Wildman–Crippen LogP) is -1.53. The van der Waals surface area contributed by atoms with Crippen molar-refractivity contribution in [2.45, 2.75) is 259 Å². The van der Waals surface area contributed by atoms with Crippen LogP contribution in [0.25, 0.3) is 0 Å². The van der Waals surface area contributed by atoms with Gasteiger partial charge in [0.2, 0.25) is 0 Å². The fourth-order valence-corrected chi connectivity index (χ4v) is 15.4. The van der Waals surface area contributed by atoms with Gasteiger partial charge in [-0.05, 0) is 101 Å². The van der Waals surface area contributed by atoms with Crippen LogP contribution < -0.4 is 0 Å². The molecule has 11 N–H and O–H groups in total. The van der Waals surface area contributed by atoms with Crippen LogP contribution in [0.2, 0.25) is 0 Å². The van der Waals surface area contributed by atoms with Crippen LogP contribution in [0.5, 0.6) is 0 Å². The summed E-state index contributed by atoms with van der Waals surface area (Å²) in [7, 11) is 4.41. The standard InChI is InChI=1S/C54H90O24/c1-21(71-52-48(47(68-9)37(58)23(3)73-52)78-50-43(64)41(62)39(60)33(76-50)20-69-49-42(63)40(61)38(59)32(19-55)75-49)35-30(56)17-29-27-11-10-25-16-26(12-14-53(25,5)28(27)13-15-54(29,35)6)74-34-18-31(66-7)45(24(4)70-34)77-51-44(65)46(67-8)36(57)22(2)72-51/h10,21-24,26-52,55-65H,11-20H2,1-9H3/t21-,22+,23+,24+,26-,27+,28-,29-,30+,31-,32+,33+,34-,35-,36-,37-,38+,39+,40-,41-,42+,43+,44+,45+,46-,47-,48+,49+,50-,51-,52+,53-,54-/m0/s1. The molecule has 450 valence electrons. The highest BCUT2D eigenvalue weighted by molar-refractivity contribution is 5.26. The van der Waals surface area contributed by atoms with Crippen LogP contribution in [0, 0.1) is 34.5 Å². The molecule has 0 bridgehead atoms. The first-order valence-corrected chi connectivity index (χ1v) is 28.2. The van der Waals surface area contributed by atoms with E-state index in [0.717, 1.165) is 38.5 Å². The number of rotatable bonds is 16. The molecule has 0 aromatic heterocycles. The van der Waals surface area contributed by atoms with E-state index in [4.69, 9.17) is 61.6 Å². The van der Waals surface area contributed by atoms with Gasteiger partial charge in [-0.2, -0.15) is 0 Å². The zero-order valence-corrected chi connectivity index (χ0v) is 46.3. The lowest BCUT2D eigenvalue weighted by molar-refractivity contribution is -0.376. The van der Waals surface area contributed by atoms with Crippen molar-refractivity contribution in [2.24, 2.45) is 34.5 Å². The number of ether oxygens (including phenoxy) is 13. The minimum Gasteiger partial charge on any atom is -0.394 e. The first-order chi connectivity index (χ1) is 37.0. The van der Waals surface area contributed by atoms with Gasteiger partial charge in [-0.15, -0.1) is 0 Å². The van der Waals surface area contributed by atoms with E-state index in [1.807, 2.05) is 13.8 Å². The number of fused-ring (bicyclic) bond motifs is 5. The molecule has 0 radical (unpaired) electrons. The van der Waals surface area contributed by atoms with E-state index in [1.54, 1.807) is 21.0 Å². The number of aliphatic hydroxyl groups is 11. The molecule has 24 heteroatoms. The molecule has 0 unspecified atom stereocenters. The lowest BCUT2D eigenvalue weighted by Crippen LogP contribution is -2.65. The van der Waals surface area contributed by atoms with Crippen molar-refractivity contribution >= 4 is 0 Å². The van der Waals surface area contributed by atoms with E-state index < -0.39 is 173 Å². The van der Waals surface area contributed by atoms with Crippen molar-refractivity contribution in [1.29, 1.82) is 0 Å². The Labute approximate surface area is 456 Å². The first kappa shape index (κ1) is 61.3. The lowest BCUT2D eigenvalue weighted by Gasteiger charge is -2.58. The van der Waals surface area contributed by atoms with Crippen LogP contribution >= 0.6 is 0 Å². The fraction of sp³-hybridized carbons (Fsp3) is 0.963. The van der Waals surface area contributed by atoms with Crippen molar-refractivity contribution < 1.29 is 118 Å². The molecule has 4 aliphatic carbocycles. The van der Waals surface area contributed by atoms with E-state index in [9.17, 15) is 56.2 Å². The van der Waals surface area contributed by atoms with Gasteiger partial charge in [-0.3, -0.25) is 0 Å². The second-order valence-electron chi connectivity index (χ2n) is 24.3. The third-order valence-corrected chi connectivity index (χ3v) is 19.9. The Kier molecular flexibility index (Phi) is 19.5. The van der Waals surface area contributed by atoms with Gasteiger partial charge in [0.1, 0.15) is 91.6 Å². The van der Waals surface area contributed by atoms with Crippen LogP contribution in [0.3, 0.4) is 0 Å². The maximum Gasteiger partial charge on any atom is 0.187 e. The molecule has 5 saturated heterocycles. The molecule has 9 rings (SSSR count).